The summed E-state index contributed by atoms with van der Waals surface area (Å²) >= 11 is 6.23. The van der Waals surface area contributed by atoms with E-state index in [1.165, 1.54) is 12.1 Å². The van der Waals surface area contributed by atoms with E-state index in [0.29, 0.717) is 62.5 Å². The van der Waals surface area contributed by atoms with Crippen LogP contribution < -0.4 is 9.04 Å². The van der Waals surface area contributed by atoms with Gasteiger partial charge in [0.05, 0.1) is 33.6 Å². The molecule has 2 aliphatic heterocycles. The van der Waals surface area contributed by atoms with Crippen molar-refractivity contribution in [1.29, 1.82) is 0 Å². The first kappa shape index (κ1) is 33.7. The Hall–Kier alpha value is -3.61. The van der Waals surface area contributed by atoms with Crippen molar-refractivity contribution >= 4 is 44.9 Å². The van der Waals surface area contributed by atoms with Crippen LogP contribution in [0.2, 0.25) is 5.02 Å². The molecule has 246 valence electrons. The number of benzene rings is 3. The predicted octanol–water partition coefficient (Wildman–Crippen LogP) is 7.59. The number of carbonyl (C=O) groups is 1. The van der Waals surface area contributed by atoms with Crippen molar-refractivity contribution in [3.05, 3.63) is 88.2 Å². The van der Waals surface area contributed by atoms with Gasteiger partial charge in [0, 0.05) is 5.56 Å². The van der Waals surface area contributed by atoms with Crippen LogP contribution in [0.1, 0.15) is 49.3 Å². The second-order valence-electron chi connectivity index (χ2n) is 11.5. The van der Waals surface area contributed by atoms with Crippen LogP contribution in [0.4, 0.5) is 23.2 Å². The van der Waals surface area contributed by atoms with Gasteiger partial charge in [-0.05, 0) is 106 Å². The van der Waals surface area contributed by atoms with Gasteiger partial charge in [-0.15, -0.1) is 0 Å². The molecular formula is C33H33ClF4N2O5S. The summed E-state index contributed by atoms with van der Waals surface area (Å²) < 4.78 is 90.4. The Morgan fingerprint density at radius 2 is 1.80 bits per heavy atom. The molecule has 2 aliphatic rings. The number of ether oxygens (including phenoxy) is 1. The molecule has 1 saturated heterocycles. The monoisotopic (exact) mass is 680 g/mol. The lowest BCUT2D eigenvalue weighted by atomic mass is 9.97. The number of likely N-dealkylation sites (tertiary alicyclic amines) is 1. The maximum Gasteiger partial charge on any atom is 0.416 e. The number of hydrogen-bond donors (Lipinski definition) is 1. The smallest absolute Gasteiger partial charge is 0.416 e. The lowest BCUT2D eigenvalue weighted by molar-refractivity contribution is -0.143. The van der Waals surface area contributed by atoms with E-state index in [-0.39, 0.29) is 34.5 Å². The first-order chi connectivity index (χ1) is 21.7. The highest BCUT2D eigenvalue weighted by Gasteiger charge is 2.37. The highest BCUT2D eigenvalue weighted by molar-refractivity contribution is 7.92. The summed E-state index contributed by atoms with van der Waals surface area (Å²) in [5.74, 6) is -1.42. The van der Waals surface area contributed by atoms with Crippen LogP contribution in [-0.2, 0) is 21.0 Å². The maximum absolute atomic E-state index is 14.6. The molecule has 1 atom stereocenters. The number of carboxylic acid groups (broad SMARTS) is 1. The molecule has 46 heavy (non-hydrogen) atoms. The van der Waals surface area contributed by atoms with E-state index in [4.69, 9.17) is 16.3 Å². The number of anilines is 1. The molecule has 0 unspecified atom stereocenters. The molecule has 0 amide bonds. The van der Waals surface area contributed by atoms with Gasteiger partial charge in [0.1, 0.15) is 17.7 Å². The number of alkyl halides is 3. The van der Waals surface area contributed by atoms with E-state index in [1.54, 1.807) is 37.3 Å². The average Bonchev–Trinajstić information content (AvgIpc) is 3.00. The van der Waals surface area contributed by atoms with Gasteiger partial charge in [0.15, 0.2) is 0 Å². The molecule has 1 N–H and O–H groups in total. The molecule has 1 fully saturated rings. The van der Waals surface area contributed by atoms with Crippen molar-refractivity contribution in [3.8, 4) is 5.75 Å². The molecule has 0 spiro atoms. The maximum atomic E-state index is 14.6. The first-order valence-electron chi connectivity index (χ1n) is 14.8. The van der Waals surface area contributed by atoms with E-state index in [2.05, 4.69) is 4.90 Å². The Kier molecular flexibility index (Phi) is 10.00. The fourth-order valence-corrected chi connectivity index (χ4v) is 7.76. The summed E-state index contributed by atoms with van der Waals surface area (Å²) in [6.45, 7) is 3.49. The second kappa shape index (κ2) is 13.6. The van der Waals surface area contributed by atoms with Gasteiger partial charge in [-0.2, -0.15) is 13.2 Å². The van der Waals surface area contributed by atoms with E-state index < -0.39 is 44.5 Å². The molecule has 0 radical (unpaired) electrons. The molecule has 13 heteroatoms. The molecule has 3 aromatic carbocycles. The molecule has 3 aromatic rings. The van der Waals surface area contributed by atoms with Gasteiger partial charge in [-0.25, -0.2) is 12.8 Å². The fourth-order valence-electron chi connectivity index (χ4n) is 5.90. The molecule has 0 bridgehead atoms. The minimum absolute atomic E-state index is 0.141. The van der Waals surface area contributed by atoms with Crippen molar-refractivity contribution in [1.82, 2.24) is 4.90 Å². The SMILES string of the molecule is C/C(=C\c1ccc2c(c1)N(S(=O)(=O)c1cccc(C(F)(F)F)c1)C[C@H](CCCN1CCC(C(=O)O)CC1)O2)c1c(F)cccc1Cl. The van der Waals surface area contributed by atoms with E-state index in [1.807, 2.05) is 0 Å². The number of piperidine rings is 1. The highest BCUT2D eigenvalue weighted by atomic mass is 35.5. The Labute approximate surface area is 270 Å². The summed E-state index contributed by atoms with van der Waals surface area (Å²) in [6, 6.07) is 12.8. The quantitative estimate of drug-likeness (QED) is 0.185. The highest BCUT2D eigenvalue weighted by Crippen LogP contribution is 2.40. The van der Waals surface area contributed by atoms with Gasteiger partial charge in [0.25, 0.3) is 10.0 Å². The molecule has 2 heterocycles. The summed E-state index contributed by atoms with van der Waals surface area (Å²) in [4.78, 5) is 12.9. The first-order valence-corrected chi connectivity index (χ1v) is 16.6. The van der Waals surface area contributed by atoms with Crippen molar-refractivity contribution in [2.24, 2.45) is 5.92 Å². The lowest BCUT2D eigenvalue weighted by Gasteiger charge is -2.36. The zero-order chi connectivity index (χ0) is 33.2. The number of nitrogens with zero attached hydrogens (tertiary/aromatic N) is 2. The number of hydrogen-bond acceptors (Lipinski definition) is 5. The van der Waals surface area contributed by atoms with Crippen LogP contribution in [0.15, 0.2) is 65.6 Å². The number of fused-ring (bicyclic) bond motifs is 1. The lowest BCUT2D eigenvalue weighted by Crippen LogP contribution is -2.44. The molecule has 0 aliphatic carbocycles. The van der Waals surface area contributed by atoms with Crippen LogP contribution in [0.25, 0.3) is 11.6 Å². The number of sulfonamides is 1. The third-order valence-electron chi connectivity index (χ3n) is 8.34. The Bertz CT molecular complexity index is 1720. The number of allylic oxidation sites excluding steroid dienone is 1. The minimum Gasteiger partial charge on any atom is -0.486 e. The van der Waals surface area contributed by atoms with Gasteiger partial charge >= 0.3 is 12.1 Å². The summed E-state index contributed by atoms with van der Waals surface area (Å²) in [7, 11) is -4.48. The van der Waals surface area contributed by atoms with E-state index in [0.717, 1.165) is 22.5 Å². The van der Waals surface area contributed by atoms with Crippen molar-refractivity contribution in [3.63, 3.8) is 0 Å². The Morgan fingerprint density at radius 3 is 2.48 bits per heavy atom. The third-order valence-corrected chi connectivity index (χ3v) is 10.4. The van der Waals surface area contributed by atoms with Crippen LogP contribution >= 0.6 is 11.6 Å². The van der Waals surface area contributed by atoms with Gasteiger partial charge in [-0.3, -0.25) is 9.10 Å². The van der Waals surface area contributed by atoms with Crippen molar-refractivity contribution in [2.45, 2.75) is 49.8 Å². The van der Waals surface area contributed by atoms with Crippen molar-refractivity contribution in [2.75, 3.05) is 30.5 Å². The van der Waals surface area contributed by atoms with Crippen LogP contribution in [-0.4, -0.2) is 56.7 Å². The molecule has 7 nitrogen and oxygen atoms in total. The zero-order valence-corrected chi connectivity index (χ0v) is 26.5. The predicted molar refractivity (Wildman–Crippen MR) is 168 cm³/mol. The second-order valence-corrected chi connectivity index (χ2v) is 13.8. The standard InChI is InChI=1S/C33H33ClF4N2O5S/c1-21(31-27(34)8-3-9-28(31)35)17-22-10-11-30-29(18-22)40(46(43,44)26-7-2-5-24(19-26)33(36,37)38)20-25(45-30)6-4-14-39-15-12-23(13-16-39)32(41)42/h2-3,5,7-11,17-19,23,25H,4,6,12-16,20H2,1H3,(H,41,42)/b21-17+/t25-/m0/s1. The Morgan fingerprint density at radius 1 is 1.09 bits per heavy atom. The summed E-state index contributed by atoms with van der Waals surface area (Å²) in [5.41, 5.74) is 0.243. The average molecular weight is 681 g/mol. The topological polar surface area (TPSA) is 87.2 Å². The van der Waals surface area contributed by atoms with Crippen LogP contribution in [0.5, 0.6) is 5.75 Å². The molecule has 0 saturated carbocycles. The fraction of sp³-hybridized carbons (Fsp3) is 0.364. The number of carboxylic acids is 1. The third kappa shape index (κ3) is 7.50. The van der Waals surface area contributed by atoms with Gasteiger partial charge < -0.3 is 14.7 Å². The summed E-state index contributed by atoms with van der Waals surface area (Å²) in [5, 5.41) is 9.45. The van der Waals surface area contributed by atoms with Crippen LogP contribution in [0, 0.1) is 11.7 Å². The zero-order valence-electron chi connectivity index (χ0n) is 24.9. The van der Waals surface area contributed by atoms with Crippen LogP contribution in [0.3, 0.4) is 0 Å². The normalized spacial score (nSPS) is 18.3. The Balaban J connectivity index is 1.43. The van der Waals surface area contributed by atoms with Crippen molar-refractivity contribution < 1.29 is 40.6 Å². The number of rotatable bonds is 9. The summed E-state index contributed by atoms with van der Waals surface area (Å²) in [6.07, 6.45) is -1.47. The molecule has 0 aromatic heterocycles. The number of aliphatic carboxylic acids is 1. The van der Waals surface area contributed by atoms with E-state index in [9.17, 15) is 35.9 Å². The molecule has 5 rings (SSSR count). The number of halogens is 5. The minimum atomic E-state index is -4.74. The van der Waals surface area contributed by atoms with Gasteiger partial charge in [0.2, 0.25) is 0 Å². The van der Waals surface area contributed by atoms with Gasteiger partial charge in [-0.1, -0.05) is 35.9 Å². The van der Waals surface area contributed by atoms with E-state index >= 15 is 0 Å². The molecular weight excluding hydrogens is 648 g/mol. The largest absolute Gasteiger partial charge is 0.486 e.